The zero-order chi connectivity index (χ0) is 12.5. The first-order chi connectivity index (χ1) is 7.30. The molecule has 1 aromatic rings. The van der Waals surface area contributed by atoms with Crippen LogP contribution in [0.1, 0.15) is 18.1 Å². The van der Waals surface area contributed by atoms with Gasteiger partial charge in [0, 0.05) is 5.56 Å². The summed E-state index contributed by atoms with van der Waals surface area (Å²) in [5, 5.41) is 0. The lowest BCUT2D eigenvalue weighted by Gasteiger charge is -2.22. The SMILES string of the molecule is COC(=O)C(C)(N)c1cc(F)c(C)cc1F. The number of hydrogen-bond acceptors (Lipinski definition) is 3. The summed E-state index contributed by atoms with van der Waals surface area (Å²) in [4.78, 5) is 11.3. The number of nitrogens with two attached hydrogens (primary N) is 1. The van der Waals surface area contributed by atoms with Gasteiger partial charge in [-0.3, -0.25) is 0 Å². The molecule has 1 unspecified atom stereocenters. The molecule has 0 saturated heterocycles. The van der Waals surface area contributed by atoms with Gasteiger partial charge in [-0.1, -0.05) is 0 Å². The zero-order valence-corrected chi connectivity index (χ0v) is 9.30. The van der Waals surface area contributed by atoms with E-state index in [4.69, 9.17) is 5.73 Å². The Hall–Kier alpha value is -1.49. The summed E-state index contributed by atoms with van der Waals surface area (Å²) in [5.41, 5.74) is 3.86. The Bertz CT molecular complexity index is 430. The number of halogens is 2. The number of benzene rings is 1. The number of aryl methyl sites for hydroxylation is 1. The standard InChI is InChI=1S/C11H13F2NO2/c1-6-4-9(13)7(5-8(6)12)11(2,14)10(15)16-3/h4-5H,14H2,1-3H3. The van der Waals surface area contributed by atoms with E-state index >= 15 is 0 Å². The molecule has 0 amide bonds. The molecule has 0 bridgehead atoms. The molecule has 0 saturated carbocycles. The van der Waals surface area contributed by atoms with Crippen molar-refractivity contribution in [2.45, 2.75) is 19.4 Å². The van der Waals surface area contributed by atoms with E-state index in [0.29, 0.717) is 0 Å². The highest BCUT2D eigenvalue weighted by molar-refractivity contribution is 5.81. The number of hydrogen-bond donors (Lipinski definition) is 1. The molecule has 0 spiro atoms. The molecule has 0 aliphatic rings. The van der Waals surface area contributed by atoms with Gasteiger partial charge in [-0.05, 0) is 31.5 Å². The van der Waals surface area contributed by atoms with Crippen molar-refractivity contribution in [3.63, 3.8) is 0 Å². The first kappa shape index (κ1) is 12.6. The van der Waals surface area contributed by atoms with Gasteiger partial charge >= 0.3 is 5.97 Å². The van der Waals surface area contributed by atoms with Crippen LogP contribution in [0.4, 0.5) is 8.78 Å². The maximum absolute atomic E-state index is 13.6. The van der Waals surface area contributed by atoms with Gasteiger partial charge in [0.25, 0.3) is 0 Å². The monoisotopic (exact) mass is 229 g/mol. The van der Waals surface area contributed by atoms with Gasteiger partial charge < -0.3 is 10.5 Å². The minimum atomic E-state index is -1.70. The Balaban J connectivity index is 3.33. The van der Waals surface area contributed by atoms with Crippen LogP contribution in [0.3, 0.4) is 0 Å². The number of methoxy groups -OCH3 is 1. The van der Waals surface area contributed by atoms with E-state index in [1.165, 1.54) is 13.8 Å². The fourth-order valence-electron chi connectivity index (χ4n) is 1.37. The molecule has 16 heavy (non-hydrogen) atoms. The Morgan fingerprint density at radius 1 is 1.38 bits per heavy atom. The molecule has 0 aliphatic heterocycles. The molecular weight excluding hydrogens is 216 g/mol. The van der Waals surface area contributed by atoms with Gasteiger partial charge in [-0.25, -0.2) is 13.6 Å². The highest BCUT2D eigenvalue weighted by Gasteiger charge is 2.35. The summed E-state index contributed by atoms with van der Waals surface area (Å²) in [6.07, 6.45) is 0. The highest BCUT2D eigenvalue weighted by Crippen LogP contribution is 2.24. The summed E-state index contributed by atoms with van der Waals surface area (Å²) in [6, 6.07) is 1.92. The summed E-state index contributed by atoms with van der Waals surface area (Å²) in [6.45, 7) is 2.69. The maximum Gasteiger partial charge on any atom is 0.330 e. The molecule has 3 nitrogen and oxygen atoms in total. The highest BCUT2D eigenvalue weighted by atomic mass is 19.1. The van der Waals surface area contributed by atoms with Gasteiger partial charge in [0.15, 0.2) is 0 Å². The molecule has 1 atom stereocenters. The number of rotatable bonds is 2. The van der Waals surface area contributed by atoms with Crippen molar-refractivity contribution >= 4 is 5.97 Å². The van der Waals surface area contributed by atoms with Gasteiger partial charge in [0.05, 0.1) is 7.11 Å². The van der Waals surface area contributed by atoms with Crippen molar-refractivity contribution < 1.29 is 18.3 Å². The predicted molar refractivity (Wildman–Crippen MR) is 54.7 cm³/mol. The minimum Gasteiger partial charge on any atom is -0.467 e. The molecule has 1 rings (SSSR count). The van der Waals surface area contributed by atoms with E-state index in [9.17, 15) is 13.6 Å². The van der Waals surface area contributed by atoms with Crippen molar-refractivity contribution in [3.8, 4) is 0 Å². The maximum atomic E-state index is 13.6. The van der Waals surface area contributed by atoms with Gasteiger partial charge in [-0.2, -0.15) is 0 Å². The predicted octanol–water partition coefficient (Wildman–Crippen LogP) is 1.62. The van der Waals surface area contributed by atoms with Crippen molar-refractivity contribution in [3.05, 3.63) is 34.9 Å². The fourth-order valence-corrected chi connectivity index (χ4v) is 1.37. The second-order valence-electron chi connectivity index (χ2n) is 3.78. The number of esters is 1. The lowest BCUT2D eigenvalue weighted by Crippen LogP contribution is -2.43. The van der Waals surface area contributed by atoms with Crippen LogP contribution in [0, 0.1) is 18.6 Å². The van der Waals surface area contributed by atoms with Crippen LogP contribution in [-0.2, 0) is 15.1 Å². The van der Waals surface area contributed by atoms with Crippen molar-refractivity contribution in [1.82, 2.24) is 0 Å². The number of carbonyl (C=O) groups is 1. The van der Waals surface area contributed by atoms with Crippen LogP contribution in [0.15, 0.2) is 12.1 Å². The minimum absolute atomic E-state index is 0.155. The second-order valence-corrected chi connectivity index (χ2v) is 3.78. The summed E-state index contributed by atoms with van der Waals surface area (Å²) < 4.78 is 31.3. The Labute approximate surface area is 92.2 Å². The van der Waals surface area contributed by atoms with Gasteiger partial charge in [-0.15, -0.1) is 0 Å². The Kier molecular flexibility index (Phi) is 3.28. The van der Waals surface area contributed by atoms with Crippen molar-refractivity contribution in [2.24, 2.45) is 5.73 Å². The van der Waals surface area contributed by atoms with E-state index in [-0.39, 0.29) is 11.1 Å². The van der Waals surface area contributed by atoms with Gasteiger partial charge in [0.1, 0.15) is 17.2 Å². The molecule has 88 valence electrons. The summed E-state index contributed by atoms with van der Waals surface area (Å²) in [7, 11) is 1.13. The largest absolute Gasteiger partial charge is 0.467 e. The van der Waals surface area contributed by atoms with Crippen LogP contribution in [0.2, 0.25) is 0 Å². The average molecular weight is 229 g/mol. The smallest absolute Gasteiger partial charge is 0.330 e. The molecule has 5 heteroatoms. The van der Waals surface area contributed by atoms with E-state index in [0.717, 1.165) is 19.2 Å². The molecule has 0 aromatic heterocycles. The number of ether oxygens (including phenoxy) is 1. The molecule has 0 heterocycles. The average Bonchev–Trinajstić information content (AvgIpc) is 2.21. The summed E-state index contributed by atoms with van der Waals surface area (Å²) >= 11 is 0. The van der Waals surface area contributed by atoms with E-state index in [2.05, 4.69) is 4.74 Å². The third kappa shape index (κ3) is 2.04. The van der Waals surface area contributed by atoms with E-state index in [1.54, 1.807) is 0 Å². The molecular formula is C11H13F2NO2. The molecule has 0 aliphatic carbocycles. The lowest BCUT2D eigenvalue weighted by atomic mass is 9.92. The van der Waals surface area contributed by atoms with Crippen LogP contribution >= 0.6 is 0 Å². The Morgan fingerprint density at radius 2 is 1.94 bits per heavy atom. The third-order valence-electron chi connectivity index (χ3n) is 2.42. The van der Waals surface area contributed by atoms with E-state index in [1.807, 2.05) is 0 Å². The lowest BCUT2D eigenvalue weighted by molar-refractivity contribution is -0.146. The van der Waals surface area contributed by atoms with E-state index < -0.39 is 23.1 Å². The topological polar surface area (TPSA) is 52.3 Å². The van der Waals surface area contributed by atoms with Crippen molar-refractivity contribution in [2.75, 3.05) is 7.11 Å². The second kappa shape index (κ2) is 4.17. The molecule has 0 radical (unpaired) electrons. The van der Waals surface area contributed by atoms with Crippen LogP contribution < -0.4 is 5.73 Å². The van der Waals surface area contributed by atoms with Crippen LogP contribution in [-0.4, -0.2) is 13.1 Å². The zero-order valence-electron chi connectivity index (χ0n) is 9.30. The number of carbonyl (C=O) groups excluding carboxylic acids is 1. The molecule has 1 aromatic carbocycles. The molecule has 2 N–H and O–H groups in total. The first-order valence-corrected chi connectivity index (χ1v) is 4.64. The van der Waals surface area contributed by atoms with Crippen LogP contribution in [0.25, 0.3) is 0 Å². The first-order valence-electron chi connectivity index (χ1n) is 4.64. The van der Waals surface area contributed by atoms with Crippen molar-refractivity contribution in [1.29, 1.82) is 0 Å². The fraction of sp³-hybridized carbons (Fsp3) is 0.364. The van der Waals surface area contributed by atoms with Gasteiger partial charge in [0.2, 0.25) is 0 Å². The third-order valence-corrected chi connectivity index (χ3v) is 2.42. The van der Waals surface area contributed by atoms with Crippen LogP contribution in [0.5, 0.6) is 0 Å². The summed E-state index contributed by atoms with van der Waals surface area (Å²) in [5.74, 6) is -2.17. The Morgan fingerprint density at radius 3 is 2.44 bits per heavy atom. The quantitative estimate of drug-likeness (QED) is 0.784. The molecule has 0 fully saturated rings. The normalized spacial score (nSPS) is 14.4.